The van der Waals surface area contributed by atoms with E-state index < -0.39 is 0 Å². The molecule has 1 aliphatic heterocycles. The summed E-state index contributed by atoms with van der Waals surface area (Å²) in [5, 5.41) is 4.63. The van der Waals surface area contributed by atoms with Gasteiger partial charge in [-0.1, -0.05) is 24.3 Å². The van der Waals surface area contributed by atoms with Crippen molar-refractivity contribution in [3.05, 3.63) is 53.4 Å². The summed E-state index contributed by atoms with van der Waals surface area (Å²) in [6.07, 6.45) is 5.60. The molecular weight excluding hydrogens is 286 g/mol. The summed E-state index contributed by atoms with van der Waals surface area (Å²) in [7, 11) is 1.69. The minimum Gasteiger partial charge on any atom is -0.497 e. The molecule has 1 atom stereocenters. The summed E-state index contributed by atoms with van der Waals surface area (Å²) < 4.78 is 7.38. The van der Waals surface area contributed by atoms with Gasteiger partial charge in [-0.25, -0.2) is 0 Å². The van der Waals surface area contributed by atoms with E-state index in [-0.39, 0.29) is 0 Å². The fourth-order valence-corrected chi connectivity index (χ4v) is 3.25. The molecule has 0 aliphatic carbocycles. The third-order valence-corrected chi connectivity index (χ3v) is 4.43. The molecule has 4 nitrogen and oxygen atoms in total. The van der Waals surface area contributed by atoms with Crippen LogP contribution in [-0.2, 0) is 0 Å². The second kappa shape index (κ2) is 7.01. The topological polar surface area (TPSA) is 30.3 Å². The van der Waals surface area contributed by atoms with Crippen LogP contribution in [0.4, 0.5) is 0 Å². The van der Waals surface area contributed by atoms with Gasteiger partial charge in [0.1, 0.15) is 5.75 Å². The van der Waals surface area contributed by atoms with E-state index in [4.69, 9.17) is 4.74 Å². The fraction of sp³-hybridized carbons (Fsp3) is 0.421. The van der Waals surface area contributed by atoms with Gasteiger partial charge in [0.2, 0.25) is 0 Å². The van der Waals surface area contributed by atoms with Crippen LogP contribution in [0.3, 0.4) is 0 Å². The number of benzene rings is 1. The summed E-state index contributed by atoms with van der Waals surface area (Å²) >= 11 is 0. The summed E-state index contributed by atoms with van der Waals surface area (Å²) in [6.45, 7) is 7.41. The number of aromatic nitrogens is 2. The summed E-state index contributed by atoms with van der Waals surface area (Å²) in [5.74, 6) is 0.898. The molecule has 1 aromatic heterocycles. The molecule has 3 rings (SSSR count). The average Bonchev–Trinajstić information content (AvgIpc) is 3.14. The summed E-state index contributed by atoms with van der Waals surface area (Å²) in [5.41, 5.74) is 3.59. The van der Waals surface area contributed by atoms with Gasteiger partial charge in [-0.3, -0.25) is 9.58 Å². The van der Waals surface area contributed by atoms with E-state index in [0.717, 1.165) is 31.1 Å². The average molecular weight is 311 g/mol. The molecule has 2 heterocycles. The van der Waals surface area contributed by atoms with Crippen LogP contribution in [0.25, 0.3) is 6.08 Å². The first-order chi connectivity index (χ1) is 11.2. The Hall–Kier alpha value is -2.07. The maximum absolute atomic E-state index is 5.18. The van der Waals surface area contributed by atoms with Crippen LogP contribution in [0.5, 0.6) is 5.75 Å². The van der Waals surface area contributed by atoms with Crippen molar-refractivity contribution < 1.29 is 4.74 Å². The first-order valence-electron chi connectivity index (χ1n) is 8.21. The van der Waals surface area contributed by atoms with Crippen LogP contribution < -0.4 is 4.74 Å². The van der Waals surface area contributed by atoms with Crippen molar-refractivity contribution in [3.8, 4) is 5.75 Å². The van der Waals surface area contributed by atoms with E-state index in [1.54, 1.807) is 7.11 Å². The Morgan fingerprint density at radius 1 is 1.26 bits per heavy atom. The molecule has 0 bridgehead atoms. The van der Waals surface area contributed by atoms with Crippen LogP contribution >= 0.6 is 0 Å². The van der Waals surface area contributed by atoms with E-state index >= 15 is 0 Å². The minimum absolute atomic E-state index is 0.512. The van der Waals surface area contributed by atoms with Crippen LogP contribution in [-0.4, -0.2) is 41.4 Å². The van der Waals surface area contributed by atoms with Crippen molar-refractivity contribution in [2.45, 2.75) is 26.3 Å². The standard InChI is InChI=1S/C19H25N3O/c1-15-13-16(2)22(20-15)18-10-12-21(14-18)11-4-5-17-6-8-19(23-3)9-7-17/h4-9,13,18H,10-12,14H2,1-3H3/b5-4+/t18-/m0/s1. The second-order valence-electron chi connectivity index (χ2n) is 6.25. The van der Waals surface area contributed by atoms with Crippen molar-refractivity contribution in [2.24, 2.45) is 0 Å². The van der Waals surface area contributed by atoms with E-state index in [2.05, 4.69) is 58.9 Å². The van der Waals surface area contributed by atoms with Gasteiger partial charge in [-0.15, -0.1) is 0 Å². The highest BCUT2D eigenvalue weighted by Gasteiger charge is 2.24. The molecule has 23 heavy (non-hydrogen) atoms. The quantitative estimate of drug-likeness (QED) is 0.847. The molecular formula is C19H25N3O. The van der Waals surface area contributed by atoms with Crippen LogP contribution in [0.2, 0.25) is 0 Å². The minimum atomic E-state index is 0.512. The van der Waals surface area contributed by atoms with Crippen molar-refractivity contribution in [3.63, 3.8) is 0 Å². The first-order valence-corrected chi connectivity index (χ1v) is 8.21. The van der Waals surface area contributed by atoms with Crippen LogP contribution in [0, 0.1) is 13.8 Å². The Kier molecular flexibility index (Phi) is 4.82. The Labute approximate surface area is 138 Å². The molecule has 0 radical (unpaired) electrons. The maximum atomic E-state index is 5.18. The normalized spacial score (nSPS) is 18.8. The van der Waals surface area contributed by atoms with Gasteiger partial charge in [-0.2, -0.15) is 5.10 Å². The molecule has 4 heteroatoms. The Bertz CT molecular complexity index is 672. The molecule has 0 unspecified atom stereocenters. The molecule has 0 amide bonds. The third-order valence-electron chi connectivity index (χ3n) is 4.43. The Balaban J connectivity index is 1.53. The zero-order valence-electron chi connectivity index (χ0n) is 14.2. The zero-order chi connectivity index (χ0) is 16.2. The van der Waals surface area contributed by atoms with E-state index in [1.165, 1.54) is 17.7 Å². The summed E-state index contributed by atoms with van der Waals surface area (Å²) in [6, 6.07) is 10.8. The van der Waals surface area contributed by atoms with Crippen molar-refractivity contribution in [1.82, 2.24) is 14.7 Å². The lowest BCUT2D eigenvalue weighted by atomic mass is 10.2. The molecule has 1 fully saturated rings. The smallest absolute Gasteiger partial charge is 0.118 e. The van der Waals surface area contributed by atoms with E-state index in [9.17, 15) is 0 Å². The molecule has 2 aromatic rings. The number of ether oxygens (including phenoxy) is 1. The molecule has 0 saturated carbocycles. The number of rotatable bonds is 5. The predicted molar refractivity (Wildman–Crippen MR) is 93.8 cm³/mol. The molecule has 1 aliphatic rings. The molecule has 0 spiro atoms. The highest BCUT2D eigenvalue weighted by atomic mass is 16.5. The van der Waals surface area contributed by atoms with Crippen molar-refractivity contribution in [1.29, 1.82) is 0 Å². The van der Waals surface area contributed by atoms with Gasteiger partial charge in [0, 0.05) is 25.3 Å². The third kappa shape index (κ3) is 3.82. The van der Waals surface area contributed by atoms with E-state index in [0.29, 0.717) is 6.04 Å². The second-order valence-corrected chi connectivity index (χ2v) is 6.25. The monoisotopic (exact) mass is 311 g/mol. The highest BCUT2D eigenvalue weighted by molar-refractivity contribution is 5.50. The Morgan fingerprint density at radius 2 is 2.04 bits per heavy atom. The zero-order valence-corrected chi connectivity index (χ0v) is 14.2. The van der Waals surface area contributed by atoms with E-state index in [1.807, 2.05) is 12.1 Å². The SMILES string of the molecule is COc1ccc(/C=C/CN2CC[C@H](n3nc(C)cc3C)C2)cc1. The van der Waals surface area contributed by atoms with Crippen molar-refractivity contribution >= 4 is 6.08 Å². The van der Waals surface area contributed by atoms with Crippen molar-refractivity contribution in [2.75, 3.05) is 26.7 Å². The predicted octanol–water partition coefficient (Wildman–Crippen LogP) is 3.47. The number of likely N-dealkylation sites (tertiary alicyclic amines) is 1. The lowest BCUT2D eigenvalue weighted by Gasteiger charge is -2.15. The van der Waals surface area contributed by atoms with Gasteiger partial charge >= 0.3 is 0 Å². The number of nitrogens with zero attached hydrogens (tertiary/aromatic N) is 3. The molecule has 122 valence electrons. The van der Waals surface area contributed by atoms with Crippen LogP contribution in [0.15, 0.2) is 36.4 Å². The summed E-state index contributed by atoms with van der Waals surface area (Å²) in [4.78, 5) is 2.49. The number of hydrogen-bond donors (Lipinski definition) is 0. The van der Waals surface area contributed by atoms with Gasteiger partial charge in [0.05, 0.1) is 18.8 Å². The molecule has 1 saturated heterocycles. The van der Waals surface area contributed by atoms with Gasteiger partial charge in [0.15, 0.2) is 0 Å². The molecule has 1 aromatic carbocycles. The fourth-order valence-electron chi connectivity index (χ4n) is 3.25. The van der Waals surface area contributed by atoms with Gasteiger partial charge in [0.25, 0.3) is 0 Å². The van der Waals surface area contributed by atoms with Gasteiger partial charge in [-0.05, 0) is 44.0 Å². The van der Waals surface area contributed by atoms with Gasteiger partial charge < -0.3 is 4.74 Å². The lowest BCUT2D eigenvalue weighted by Crippen LogP contribution is -2.22. The van der Waals surface area contributed by atoms with Crippen LogP contribution in [0.1, 0.15) is 29.4 Å². The lowest BCUT2D eigenvalue weighted by molar-refractivity contribution is 0.349. The maximum Gasteiger partial charge on any atom is 0.118 e. The first kappa shape index (κ1) is 15.8. The number of methoxy groups -OCH3 is 1. The number of hydrogen-bond acceptors (Lipinski definition) is 3. The number of aryl methyl sites for hydroxylation is 2. The highest BCUT2D eigenvalue weighted by Crippen LogP contribution is 2.23. The Morgan fingerprint density at radius 3 is 2.70 bits per heavy atom. The largest absolute Gasteiger partial charge is 0.497 e. The molecule has 0 N–H and O–H groups in total.